The van der Waals surface area contributed by atoms with E-state index in [2.05, 4.69) is 20.4 Å². The number of carbonyl (C=O) groups excluding carboxylic acids is 1. The second-order valence-electron chi connectivity index (χ2n) is 7.65. The molecule has 0 fully saturated rings. The lowest BCUT2D eigenvalue weighted by molar-refractivity contribution is 0.101. The summed E-state index contributed by atoms with van der Waals surface area (Å²) in [6.07, 6.45) is 4.71. The zero-order valence-electron chi connectivity index (χ0n) is 20.3. The highest BCUT2D eigenvalue weighted by molar-refractivity contribution is 7.08. The van der Waals surface area contributed by atoms with E-state index >= 15 is 0 Å². The van der Waals surface area contributed by atoms with E-state index in [0.29, 0.717) is 46.7 Å². The van der Waals surface area contributed by atoms with E-state index in [-0.39, 0.29) is 5.69 Å². The Morgan fingerprint density at radius 3 is 2.54 bits per heavy atom. The van der Waals surface area contributed by atoms with Crippen LogP contribution in [-0.4, -0.2) is 46.5 Å². The number of pyridine rings is 2. The SMILES string of the molecule is CCOc1cnn(-c2ccsc2)c1C(=O)Nc1ccc(Oc2ccnc3cc(OC)c(OC)cc23)cn1. The van der Waals surface area contributed by atoms with Crippen LogP contribution in [0.1, 0.15) is 17.4 Å². The smallest absolute Gasteiger partial charge is 0.279 e. The van der Waals surface area contributed by atoms with Crippen molar-refractivity contribution in [3.63, 3.8) is 0 Å². The van der Waals surface area contributed by atoms with Crippen LogP contribution in [0.2, 0.25) is 0 Å². The number of anilines is 1. The molecule has 0 bridgehead atoms. The molecule has 1 aromatic carbocycles. The molecule has 0 unspecified atom stereocenters. The van der Waals surface area contributed by atoms with Gasteiger partial charge < -0.3 is 24.3 Å². The van der Waals surface area contributed by atoms with Crippen LogP contribution in [0.15, 0.2) is 65.7 Å². The van der Waals surface area contributed by atoms with E-state index in [9.17, 15) is 4.79 Å². The number of hydrogen-bond acceptors (Lipinski definition) is 9. The minimum Gasteiger partial charge on any atom is -0.493 e. The fourth-order valence-electron chi connectivity index (χ4n) is 3.73. The van der Waals surface area contributed by atoms with Crippen LogP contribution in [0, 0.1) is 0 Å². The molecule has 0 saturated carbocycles. The van der Waals surface area contributed by atoms with Gasteiger partial charge >= 0.3 is 0 Å². The molecule has 188 valence electrons. The number of amides is 1. The topological polar surface area (TPSA) is 110 Å². The molecule has 0 aliphatic carbocycles. The summed E-state index contributed by atoms with van der Waals surface area (Å²) in [5, 5.41) is 11.7. The van der Waals surface area contributed by atoms with Crippen molar-refractivity contribution in [2.45, 2.75) is 6.92 Å². The van der Waals surface area contributed by atoms with Gasteiger partial charge in [-0.1, -0.05) is 0 Å². The lowest BCUT2D eigenvalue weighted by Gasteiger charge is -2.12. The molecule has 1 amide bonds. The highest BCUT2D eigenvalue weighted by Crippen LogP contribution is 2.36. The van der Waals surface area contributed by atoms with Gasteiger partial charge in [0.05, 0.1) is 44.4 Å². The molecule has 5 rings (SSSR count). The maximum Gasteiger partial charge on any atom is 0.279 e. The number of methoxy groups -OCH3 is 2. The predicted octanol–water partition coefficient (Wildman–Crippen LogP) is 5.34. The first-order valence-corrected chi connectivity index (χ1v) is 12.2. The summed E-state index contributed by atoms with van der Waals surface area (Å²) in [6, 6.07) is 10.6. The van der Waals surface area contributed by atoms with Crippen molar-refractivity contribution in [2.75, 3.05) is 26.1 Å². The zero-order chi connectivity index (χ0) is 25.8. The number of ether oxygens (including phenoxy) is 4. The van der Waals surface area contributed by atoms with Crippen molar-refractivity contribution < 1.29 is 23.7 Å². The molecule has 0 spiro atoms. The van der Waals surface area contributed by atoms with Gasteiger partial charge in [0.2, 0.25) is 0 Å². The second-order valence-corrected chi connectivity index (χ2v) is 8.43. The first-order valence-electron chi connectivity index (χ1n) is 11.3. The van der Waals surface area contributed by atoms with E-state index in [1.807, 2.05) is 29.8 Å². The minimum atomic E-state index is -0.394. The van der Waals surface area contributed by atoms with Crippen LogP contribution >= 0.6 is 11.3 Å². The second kappa shape index (κ2) is 10.5. The van der Waals surface area contributed by atoms with Crippen LogP contribution in [0.5, 0.6) is 28.7 Å². The predicted molar refractivity (Wildman–Crippen MR) is 140 cm³/mol. The van der Waals surface area contributed by atoms with Crippen molar-refractivity contribution in [3.05, 3.63) is 71.4 Å². The van der Waals surface area contributed by atoms with Crippen LogP contribution in [0.3, 0.4) is 0 Å². The molecule has 0 aliphatic rings. The molecular weight excluding hydrogens is 494 g/mol. The summed E-state index contributed by atoms with van der Waals surface area (Å²) >= 11 is 1.51. The number of aromatic nitrogens is 4. The zero-order valence-corrected chi connectivity index (χ0v) is 21.1. The van der Waals surface area contributed by atoms with Gasteiger partial charge in [-0.25, -0.2) is 9.67 Å². The standard InChI is InChI=1S/C26H23N5O5S/c1-4-35-23-14-29-31(16-8-10-37-15-16)25(23)26(32)30-24-6-5-17(13-28-24)36-20-7-9-27-19-12-22(34-3)21(33-2)11-18(19)20/h5-15H,4H2,1-3H3,(H,28,30,32). The van der Waals surface area contributed by atoms with E-state index in [0.717, 1.165) is 11.1 Å². The Bertz CT molecular complexity index is 1530. The monoisotopic (exact) mass is 517 g/mol. The average Bonchev–Trinajstić information content (AvgIpc) is 3.60. The maximum atomic E-state index is 13.2. The number of fused-ring (bicyclic) bond motifs is 1. The van der Waals surface area contributed by atoms with E-state index < -0.39 is 5.91 Å². The van der Waals surface area contributed by atoms with Gasteiger partial charge in [-0.05, 0) is 42.6 Å². The lowest BCUT2D eigenvalue weighted by Crippen LogP contribution is -2.18. The average molecular weight is 518 g/mol. The summed E-state index contributed by atoms with van der Waals surface area (Å²) in [5.74, 6) is 2.55. The molecule has 0 saturated heterocycles. The fourth-order valence-corrected chi connectivity index (χ4v) is 4.34. The highest BCUT2D eigenvalue weighted by atomic mass is 32.1. The molecule has 11 heteroatoms. The molecule has 4 aromatic heterocycles. The lowest BCUT2D eigenvalue weighted by atomic mass is 10.2. The Balaban J connectivity index is 1.37. The van der Waals surface area contributed by atoms with Gasteiger partial charge in [-0.2, -0.15) is 16.4 Å². The van der Waals surface area contributed by atoms with Gasteiger partial charge in [0.1, 0.15) is 17.3 Å². The quantitative estimate of drug-likeness (QED) is 0.279. The third-order valence-corrected chi connectivity index (χ3v) is 6.08. The van der Waals surface area contributed by atoms with Crippen LogP contribution in [0.25, 0.3) is 16.6 Å². The molecule has 10 nitrogen and oxygen atoms in total. The van der Waals surface area contributed by atoms with Gasteiger partial charge in [0.15, 0.2) is 22.9 Å². The number of carbonyl (C=O) groups is 1. The summed E-state index contributed by atoms with van der Waals surface area (Å²) in [5.41, 5.74) is 1.76. The van der Waals surface area contributed by atoms with Crippen molar-refractivity contribution in [3.8, 4) is 34.4 Å². The van der Waals surface area contributed by atoms with Crippen LogP contribution in [-0.2, 0) is 0 Å². The molecule has 0 radical (unpaired) electrons. The van der Waals surface area contributed by atoms with Crippen LogP contribution in [0.4, 0.5) is 5.82 Å². The number of thiophene rings is 1. The maximum absolute atomic E-state index is 13.2. The Labute approximate surface area is 216 Å². The van der Waals surface area contributed by atoms with Crippen molar-refractivity contribution in [2.24, 2.45) is 0 Å². The van der Waals surface area contributed by atoms with Crippen molar-refractivity contribution in [1.82, 2.24) is 19.7 Å². The minimum absolute atomic E-state index is 0.287. The Morgan fingerprint density at radius 1 is 1.00 bits per heavy atom. The Kier molecular flexibility index (Phi) is 6.86. The Morgan fingerprint density at radius 2 is 1.84 bits per heavy atom. The van der Waals surface area contributed by atoms with Gasteiger partial charge in [-0.15, -0.1) is 0 Å². The fraction of sp³-hybridized carbons (Fsp3) is 0.154. The molecule has 37 heavy (non-hydrogen) atoms. The summed E-state index contributed by atoms with van der Waals surface area (Å²) in [4.78, 5) is 21.9. The largest absolute Gasteiger partial charge is 0.493 e. The number of benzene rings is 1. The van der Waals surface area contributed by atoms with Gasteiger partial charge in [0.25, 0.3) is 5.91 Å². The summed E-state index contributed by atoms with van der Waals surface area (Å²) in [7, 11) is 3.14. The summed E-state index contributed by atoms with van der Waals surface area (Å²) < 4.78 is 24.0. The number of nitrogens with one attached hydrogen (secondary N) is 1. The first kappa shape index (κ1) is 24.1. The van der Waals surface area contributed by atoms with Gasteiger partial charge in [-0.3, -0.25) is 9.78 Å². The normalized spacial score (nSPS) is 10.8. The van der Waals surface area contributed by atoms with E-state index in [1.54, 1.807) is 49.4 Å². The van der Waals surface area contributed by atoms with Crippen molar-refractivity contribution >= 4 is 34.0 Å². The first-order chi connectivity index (χ1) is 18.1. The Hall–Kier alpha value is -4.64. The van der Waals surface area contributed by atoms with E-state index in [1.165, 1.54) is 23.7 Å². The third kappa shape index (κ3) is 4.89. The van der Waals surface area contributed by atoms with Crippen LogP contribution < -0.4 is 24.3 Å². The third-order valence-electron chi connectivity index (χ3n) is 5.41. The van der Waals surface area contributed by atoms with E-state index in [4.69, 9.17) is 18.9 Å². The highest BCUT2D eigenvalue weighted by Gasteiger charge is 2.22. The molecular formula is C26H23N5O5S. The van der Waals surface area contributed by atoms with Gasteiger partial charge in [0, 0.05) is 23.0 Å². The molecule has 1 N–H and O–H groups in total. The molecule has 0 aliphatic heterocycles. The number of rotatable bonds is 9. The molecule has 5 aromatic rings. The summed E-state index contributed by atoms with van der Waals surface area (Å²) in [6.45, 7) is 2.25. The number of nitrogens with zero attached hydrogens (tertiary/aromatic N) is 4. The molecule has 0 atom stereocenters. The van der Waals surface area contributed by atoms with Crippen molar-refractivity contribution in [1.29, 1.82) is 0 Å². The number of hydrogen-bond donors (Lipinski definition) is 1. The molecule has 4 heterocycles.